The first-order valence-electron chi connectivity index (χ1n) is 6.63. The smallest absolute Gasteiger partial charge is 0.271 e. The van der Waals surface area contributed by atoms with Crippen molar-refractivity contribution >= 4 is 17.4 Å². The van der Waals surface area contributed by atoms with Gasteiger partial charge in [0.2, 0.25) is 0 Å². The van der Waals surface area contributed by atoms with Crippen molar-refractivity contribution < 1.29 is 4.79 Å². The van der Waals surface area contributed by atoms with E-state index in [9.17, 15) is 4.79 Å². The summed E-state index contributed by atoms with van der Waals surface area (Å²) < 4.78 is 0. The van der Waals surface area contributed by atoms with E-state index in [1.54, 1.807) is 12.1 Å². The number of rotatable bonds is 5. The van der Waals surface area contributed by atoms with Crippen molar-refractivity contribution in [2.75, 3.05) is 18.5 Å². The van der Waals surface area contributed by atoms with Crippen LogP contribution in [0.15, 0.2) is 42.5 Å². The summed E-state index contributed by atoms with van der Waals surface area (Å²) in [6.45, 7) is 2.65. The normalized spacial score (nSPS) is 10.1. The van der Waals surface area contributed by atoms with Gasteiger partial charge in [0.25, 0.3) is 5.91 Å². The van der Waals surface area contributed by atoms with Crippen LogP contribution in [0.1, 0.15) is 23.8 Å². The molecule has 1 N–H and O–H groups in total. The zero-order chi connectivity index (χ0) is 14.4. The Morgan fingerprint density at radius 3 is 2.50 bits per heavy atom. The molecule has 5 heteroatoms. The zero-order valence-corrected chi connectivity index (χ0v) is 11.7. The van der Waals surface area contributed by atoms with Crippen molar-refractivity contribution in [3.8, 4) is 0 Å². The molecule has 0 aliphatic rings. The minimum atomic E-state index is -0.187. The minimum Gasteiger partial charge on any atom is -0.351 e. The molecule has 0 saturated heterocycles. The van der Waals surface area contributed by atoms with Gasteiger partial charge in [-0.2, -0.15) is 0 Å². The quantitative estimate of drug-likeness (QED) is 0.906. The van der Waals surface area contributed by atoms with Crippen LogP contribution in [-0.4, -0.2) is 29.7 Å². The van der Waals surface area contributed by atoms with Gasteiger partial charge in [-0.05, 0) is 30.7 Å². The first kappa shape index (κ1) is 14.0. The van der Waals surface area contributed by atoms with Gasteiger partial charge in [0.15, 0.2) is 11.5 Å². The van der Waals surface area contributed by atoms with E-state index < -0.39 is 0 Å². The molecule has 104 valence electrons. The fourth-order valence-electron chi connectivity index (χ4n) is 1.74. The second kappa shape index (κ2) is 6.65. The third-order valence-corrected chi connectivity index (χ3v) is 2.91. The highest BCUT2D eigenvalue weighted by molar-refractivity contribution is 5.92. The highest BCUT2D eigenvalue weighted by atomic mass is 16.1. The molecule has 20 heavy (non-hydrogen) atoms. The number of anilines is 2. The van der Waals surface area contributed by atoms with E-state index in [4.69, 9.17) is 0 Å². The molecule has 1 aromatic carbocycles. The largest absolute Gasteiger partial charge is 0.351 e. The van der Waals surface area contributed by atoms with Gasteiger partial charge in [0.05, 0.1) is 0 Å². The van der Waals surface area contributed by atoms with Gasteiger partial charge in [-0.1, -0.05) is 25.1 Å². The maximum absolute atomic E-state index is 11.7. The van der Waals surface area contributed by atoms with Crippen LogP contribution in [0.4, 0.5) is 11.5 Å². The molecule has 5 nitrogen and oxygen atoms in total. The number of nitrogens with zero attached hydrogens (tertiary/aromatic N) is 3. The molecule has 0 aliphatic heterocycles. The summed E-state index contributed by atoms with van der Waals surface area (Å²) in [4.78, 5) is 13.6. The highest BCUT2D eigenvalue weighted by Crippen LogP contribution is 2.19. The molecule has 0 bridgehead atoms. The fraction of sp³-hybridized carbons (Fsp3) is 0.267. The predicted octanol–water partition coefficient (Wildman–Crippen LogP) is 2.38. The fourth-order valence-corrected chi connectivity index (χ4v) is 1.74. The number of hydrogen-bond acceptors (Lipinski definition) is 4. The Bertz CT molecular complexity index is 554. The van der Waals surface area contributed by atoms with Gasteiger partial charge in [-0.15, -0.1) is 10.2 Å². The molecule has 1 aromatic heterocycles. The van der Waals surface area contributed by atoms with Gasteiger partial charge < -0.3 is 10.2 Å². The van der Waals surface area contributed by atoms with Crippen LogP contribution in [-0.2, 0) is 0 Å². The zero-order valence-electron chi connectivity index (χ0n) is 11.7. The first-order chi connectivity index (χ1) is 9.72. The molecule has 0 aliphatic carbocycles. The summed E-state index contributed by atoms with van der Waals surface area (Å²) in [7, 11) is 1.91. The number of carbonyl (C=O) groups is 1. The standard InChI is InChI=1S/C15H18N4O/c1-3-11-16-15(20)13-9-10-14(18-17-13)19(2)12-7-5-4-6-8-12/h4-10H,3,11H2,1-2H3,(H,16,20). The van der Waals surface area contributed by atoms with E-state index in [0.717, 1.165) is 12.1 Å². The van der Waals surface area contributed by atoms with Crippen molar-refractivity contribution in [2.24, 2.45) is 0 Å². The van der Waals surface area contributed by atoms with Crippen molar-refractivity contribution in [2.45, 2.75) is 13.3 Å². The number of aromatic nitrogens is 2. The molecular formula is C15H18N4O. The van der Waals surface area contributed by atoms with E-state index in [-0.39, 0.29) is 5.91 Å². The van der Waals surface area contributed by atoms with Crippen LogP contribution in [0.5, 0.6) is 0 Å². The minimum absolute atomic E-state index is 0.187. The summed E-state index contributed by atoms with van der Waals surface area (Å²) in [6, 6.07) is 13.3. The maximum Gasteiger partial charge on any atom is 0.271 e. The Labute approximate surface area is 118 Å². The molecule has 2 rings (SSSR count). The van der Waals surface area contributed by atoms with Crippen LogP contribution >= 0.6 is 0 Å². The number of carbonyl (C=O) groups excluding carboxylic acids is 1. The second-order valence-corrected chi connectivity index (χ2v) is 4.43. The number of para-hydroxylation sites is 1. The molecule has 0 unspecified atom stereocenters. The van der Waals surface area contributed by atoms with Gasteiger partial charge in [0.1, 0.15) is 0 Å². The Kier molecular flexibility index (Phi) is 4.65. The SMILES string of the molecule is CCCNC(=O)c1ccc(N(C)c2ccccc2)nn1. The summed E-state index contributed by atoms with van der Waals surface area (Å²) in [5.74, 6) is 0.511. The van der Waals surface area contributed by atoms with Gasteiger partial charge in [-0.3, -0.25) is 4.79 Å². The predicted molar refractivity (Wildman–Crippen MR) is 79.2 cm³/mol. The maximum atomic E-state index is 11.7. The second-order valence-electron chi connectivity index (χ2n) is 4.43. The number of benzene rings is 1. The molecule has 2 aromatic rings. The van der Waals surface area contributed by atoms with Crippen LogP contribution in [0.25, 0.3) is 0 Å². The average molecular weight is 270 g/mol. The Morgan fingerprint density at radius 2 is 1.90 bits per heavy atom. The number of amides is 1. The molecule has 1 heterocycles. The van der Waals surface area contributed by atoms with Gasteiger partial charge >= 0.3 is 0 Å². The van der Waals surface area contributed by atoms with E-state index in [1.807, 2.05) is 49.2 Å². The Balaban J connectivity index is 2.10. The van der Waals surface area contributed by atoms with E-state index in [2.05, 4.69) is 15.5 Å². The van der Waals surface area contributed by atoms with Crippen molar-refractivity contribution in [1.29, 1.82) is 0 Å². The Morgan fingerprint density at radius 1 is 1.15 bits per heavy atom. The van der Waals surface area contributed by atoms with E-state index >= 15 is 0 Å². The summed E-state index contributed by atoms with van der Waals surface area (Å²) >= 11 is 0. The molecule has 0 radical (unpaired) electrons. The lowest BCUT2D eigenvalue weighted by Gasteiger charge is -2.17. The Hall–Kier alpha value is -2.43. The lowest BCUT2D eigenvalue weighted by atomic mass is 10.3. The van der Waals surface area contributed by atoms with Gasteiger partial charge in [0, 0.05) is 19.3 Å². The summed E-state index contributed by atoms with van der Waals surface area (Å²) in [6.07, 6.45) is 0.897. The van der Waals surface area contributed by atoms with Crippen LogP contribution in [0, 0.1) is 0 Å². The van der Waals surface area contributed by atoms with E-state index in [1.165, 1.54) is 0 Å². The topological polar surface area (TPSA) is 58.1 Å². The number of hydrogen-bond donors (Lipinski definition) is 1. The molecule has 0 fully saturated rings. The van der Waals surface area contributed by atoms with Crippen LogP contribution < -0.4 is 10.2 Å². The van der Waals surface area contributed by atoms with Crippen molar-refractivity contribution in [1.82, 2.24) is 15.5 Å². The molecular weight excluding hydrogens is 252 g/mol. The van der Waals surface area contributed by atoms with E-state index in [0.29, 0.717) is 18.1 Å². The molecule has 0 saturated carbocycles. The lowest BCUT2D eigenvalue weighted by molar-refractivity contribution is 0.0947. The summed E-state index contributed by atoms with van der Waals surface area (Å²) in [5, 5.41) is 10.8. The van der Waals surface area contributed by atoms with Gasteiger partial charge in [-0.25, -0.2) is 0 Å². The monoisotopic (exact) mass is 270 g/mol. The van der Waals surface area contributed by atoms with Crippen molar-refractivity contribution in [3.05, 3.63) is 48.2 Å². The average Bonchev–Trinajstić information content (AvgIpc) is 2.53. The third kappa shape index (κ3) is 3.32. The van der Waals surface area contributed by atoms with Crippen LogP contribution in [0.3, 0.4) is 0 Å². The van der Waals surface area contributed by atoms with Crippen molar-refractivity contribution in [3.63, 3.8) is 0 Å². The first-order valence-corrected chi connectivity index (χ1v) is 6.63. The highest BCUT2D eigenvalue weighted by Gasteiger charge is 2.09. The summed E-state index contributed by atoms with van der Waals surface area (Å²) in [5.41, 5.74) is 1.36. The molecule has 0 spiro atoms. The molecule has 0 atom stereocenters. The number of nitrogens with one attached hydrogen (secondary N) is 1. The lowest BCUT2D eigenvalue weighted by Crippen LogP contribution is -2.25. The molecule has 1 amide bonds. The van der Waals surface area contributed by atoms with Crippen LogP contribution in [0.2, 0.25) is 0 Å². The third-order valence-electron chi connectivity index (χ3n) is 2.91.